The molecule has 1 aromatic rings. The molecule has 0 heterocycles. The van der Waals surface area contributed by atoms with Crippen molar-refractivity contribution in [3.63, 3.8) is 0 Å². The minimum atomic E-state index is -4.40. The van der Waals surface area contributed by atoms with Crippen LogP contribution in [0, 0.1) is 23.2 Å². The van der Waals surface area contributed by atoms with Gasteiger partial charge in [0.05, 0.1) is 17.0 Å². The second-order valence-corrected chi connectivity index (χ2v) is 9.02. The Balaban J connectivity index is 1.99. The normalized spacial score (nSPS) is 18.0. The van der Waals surface area contributed by atoms with Gasteiger partial charge in [0.2, 0.25) is 0 Å². The summed E-state index contributed by atoms with van der Waals surface area (Å²) in [6.07, 6.45) is 4.94. The van der Waals surface area contributed by atoms with E-state index in [0.29, 0.717) is 12.0 Å². The second kappa shape index (κ2) is 10.5. The molecule has 1 unspecified atom stereocenters. The summed E-state index contributed by atoms with van der Waals surface area (Å²) in [7, 11) is 2.11. The molecular formula is C24H35F3N2. The molecule has 0 radical (unpaired) electrons. The number of hydrogen-bond acceptors (Lipinski definition) is 2. The lowest BCUT2D eigenvalue weighted by atomic mass is 9.69. The van der Waals surface area contributed by atoms with Crippen LogP contribution in [0.2, 0.25) is 0 Å². The van der Waals surface area contributed by atoms with Crippen molar-refractivity contribution in [2.75, 3.05) is 20.1 Å². The molecule has 1 atom stereocenters. The van der Waals surface area contributed by atoms with Crippen LogP contribution in [0.15, 0.2) is 24.3 Å². The highest BCUT2D eigenvalue weighted by atomic mass is 19.4. The van der Waals surface area contributed by atoms with Gasteiger partial charge in [0.15, 0.2) is 0 Å². The summed E-state index contributed by atoms with van der Waals surface area (Å²) in [6, 6.07) is 7.71. The van der Waals surface area contributed by atoms with Gasteiger partial charge in [-0.2, -0.15) is 18.4 Å². The summed E-state index contributed by atoms with van der Waals surface area (Å²) in [5.74, 6) is 0.772. The molecule has 1 aliphatic carbocycles. The Kier molecular flexibility index (Phi) is 8.58. The monoisotopic (exact) mass is 408 g/mol. The first-order valence-corrected chi connectivity index (χ1v) is 11.0. The molecular weight excluding hydrogens is 373 g/mol. The highest BCUT2D eigenvalue weighted by molar-refractivity contribution is 5.37. The van der Waals surface area contributed by atoms with Gasteiger partial charge in [0.1, 0.15) is 0 Å². The number of halogens is 3. The van der Waals surface area contributed by atoms with Crippen LogP contribution in [0.4, 0.5) is 13.2 Å². The topological polar surface area (TPSA) is 27.0 Å². The van der Waals surface area contributed by atoms with Crippen molar-refractivity contribution >= 4 is 0 Å². The van der Waals surface area contributed by atoms with Crippen molar-refractivity contribution in [3.8, 4) is 6.07 Å². The molecule has 29 heavy (non-hydrogen) atoms. The molecule has 0 bridgehead atoms. The van der Waals surface area contributed by atoms with Crippen LogP contribution >= 0.6 is 0 Å². The average molecular weight is 409 g/mol. The molecule has 0 aromatic heterocycles. The van der Waals surface area contributed by atoms with Crippen molar-refractivity contribution in [1.29, 1.82) is 5.26 Å². The highest BCUT2D eigenvalue weighted by Crippen LogP contribution is 2.39. The van der Waals surface area contributed by atoms with Crippen LogP contribution in [0.25, 0.3) is 0 Å². The fourth-order valence-corrected chi connectivity index (χ4v) is 4.61. The smallest absolute Gasteiger partial charge is 0.306 e. The maximum atomic E-state index is 13.2. The Morgan fingerprint density at radius 3 is 2.34 bits per heavy atom. The molecule has 1 aromatic carbocycles. The first-order chi connectivity index (χ1) is 13.7. The Morgan fingerprint density at radius 2 is 1.76 bits per heavy atom. The van der Waals surface area contributed by atoms with Crippen LogP contribution < -0.4 is 0 Å². The maximum Gasteiger partial charge on any atom is 0.416 e. The number of alkyl halides is 3. The summed E-state index contributed by atoms with van der Waals surface area (Å²) in [5, 5.41) is 9.99. The molecule has 1 saturated carbocycles. The highest BCUT2D eigenvalue weighted by Gasteiger charge is 2.38. The zero-order valence-corrected chi connectivity index (χ0v) is 18.1. The van der Waals surface area contributed by atoms with E-state index in [1.54, 1.807) is 6.07 Å². The van der Waals surface area contributed by atoms with Crippen molar-refractivity contribution in [3.05, 3.63) is 35.4 Å². The van der Waals surface area contributed by atoms with Crippen molar-refractivity contribution < 1.29 is 13.2 Å². The number of hydrogen-bond donors (Lipinski definition) is 0. The summed E-state index contributed by atoms with van der Waals surface area (Å²) in [6.45, 7) is 5.77. The maximum absolute atomic E-state index is 13.2. The van der Waals surface area contributed by atoms with Crippen LogP contribution in [-0.2, 0) is 11.6 Å². The summed E-state index contributed by atoms with van der Waals surface area (Å²) < 4.78 is 39.5. The van der Waals surface area contributed by atoms with Gasteiger partial charge in [-0.05, 0) is 62.9 Å². The summed E-state index contributed by atoms with van der Waals surface area (Å²) >= 11 is 0. The zero-order valence-electron chi connectivity index (χ0n) is 18.1. The summed E-state index contributed by atoms with van der Waals surface area (Å²) in [4.78, 5) is 2.31. The predicted octanol–water partition coefficient (Wildman–Crippen LogP) is 6.81. The molecule has 0 aliphatic heterocycles. The number of nitriles is 1. The first kappa shape index (κ1) is 23.7. The predicted molar refractivity (Wildman–Crippen MR) is 111 cm³/mol. The molecule has 0 N–H and O–H groups in total. The molecule has 0 saturated heterocycles. The second-order valence-electron chi connectivity index (χ2n) is 9.02. The number of nitrogens with zero attached hydrogens (tertiary/aromatic N) is 2. The molecule has 162 valence electrons. The van der Waals surface area contributed by atoms with Gasteiger partial charge in [0, 0.05) is 0 Å². The molecule has 1 aliphatic rings. The molecule has 5 heteroatoms. The molecule has 1 fully saturated rings. The molecule has 0 spiro atoms. The summed E-state index contributed by atoms with van der Waals surface area (Å²) in [5.41, 5.74) is -1.10. The SMILES string of the molecule is CC(C)C(C#N)(CCCN(C)CCC1CCCCC1)c1cccc(C(F)(F)F)c1. The average Bonchev–Trinajstić information content (AvgIpc) is 2.70. The van der Waals surface area contributed by atoms with E-state index in [-0.39, 0.29) is 5.92 Å². The quantitative estimate of drug-likeness (QED) is 0.449. The van der Waals surface area contributed by atoms with Gasteiger partial charge in [-0.25, -0.2) is 0 Å². The standard InChI is InChI=1S/C24H35F3N2/c1-19(2)23(18-28,21-11-7-12-22(17-21)24(25,26)27)14-8-15-29(3)16-13-20-9-5-4-6-10-20/h7,11-12,17,19-20H,4-6,8-10,13-16H2,1-3H3. The first-order valence-electron chi connectivity index (χ1n) is 11.0. The van der Waals surface area contributed by atoms with Crippen LogP contribution in [0.1, 0.15) is 76.3 Å². The van der Waals surface area contributed by atoms with E-state index in [4.69, 9.17) is 0 Å². The fraction of sp³-hybridized carbons (Fsp3) is 0.708. The molecule has 2 nitrogen and oxygen atoms in total. The lowest BCUT2D eigenvalue weighted by Gasteiger charge is -2.33. The van der Waals surface area contributed by atoms with E-state index < -0.39 is 17.2 Å². The van der Waals surface area contributed by atoms with E-state index in [1.807, 2.05) is 13.8 Å². The molecule has 2 rings (SSSR count). The van der Waals surface area contributed by atoms with Gasteiger partial charge in [0.25, 0.3) is 0 Å². The van der Waals surface area contributed by atoms with Crippen molar-refractivity contribution in [2.24, 2.45) is 11.8 Å². The van der Waals surface area contributed by atoms with Gasteiger partial charge >= 0.3 is 6.18 Å². The zero-order chi connectivity index (χ0) is 21.5. The Hall–Kier alpha value is -1.54. The van der Waals surface area contributed by atoms with Gasteiger partial charge in [-0.3, -0.25) is 0 Å². The van der Waals surface area contributed by atoms with Gasteiger partial charge < -0.3 is 4.90 Å². The fourth-order valence-electron chi connectivity index (χ4n) is 4.61. The molecule has 0 amide bonds. The van der Waals surface area contributed by atoms with E-state index in [0.717, 1.165) is 37.6 Å². The third kappa shape index (κ3) is 6.47. The Labute approximate surface area is 174 Å². The Morgan fingerprint density at radius 1 is 1.10 bits per heavy atom. The van der Waals surface area contributed by atoms with Gasteiger partial charge in [-0.15, -0.1) is 0 Å². The number of benzene rings is 1. The minimum absolute atomic E-state index is 0.0662. The minimum Gasteiger partial charge on any atom is -0.306 e. The van der Waals surface area contributed by atoms with Crippen LogP contribution in [0.3, 0.4) is 0 Å². The lowest BCUT2D eigenvalue weighted by Crippen LogP contribution is -2.33. The van der Waals surface area contributed by atoms with E-state index in [9.17, 15) is 18.4 Å². The lowest BCUT2D eigenvalue weighted by molar-refractivity contribution is -0.137. The van der Waals surface area contributed by atoms with E-state index in [2.05, 4.69) is 18.0 Å². The third-order valence-electron chi connectivity index (χ3n) is 6.64. The largest absolute Gasteiger partial charge is 0.416 e. The van der Waals surface area contributed by atoms with Crippen molar-refractivity contribution in [1.82, 2.24) is 4.90 Å². The van der Waals surface area contributed by atoms with Gasteiger partial charge in [-0.1, -0.05) is 64.2 Å². The van der Waals surface area contributed by atoms with Crippen LogP contribution in [-0.4, -0.2) is 25.0 Å². The number of rotatable bonds is 9. The Bertz CT molecular complexity index is 671. The van der Waals surface area contributed by atoms with E-state index >= 15 is 0 Å². The van der Waals surface area contributed by atoms with Crippen LogP contribution in [0.5, 0.6) is 0 Å². The van der Waals surface area contributed by atoms with E-state index in [1.165, 1.54) is 44.6 Å². The van der Waals surface area contributed by atoms with Crippen molar-refractivity contribution in [2.45, 2.75) is 76.8 Å². The third-order valence-corrected chi connectivity index (χ3v) is 6.64.